The van der Waals surface area contributed by atoms with Crippen LogP contribution < -0.4 is 5.32 Å². The van der Waals surface area contributed by atoms with E-state index in [0.717, 1.165) is 25.9 Å². The first kappa shape index (κ1) is 15.0. The summed E-state index contributed by atoms with van der Waals surface area (Å²) in [5, 5.41) is 12.3. The van der Waals surface area contributed by atoms with Gasteiger partial charge in [-0.2, -0.15) is 5.26 Å². The molecule has 1 aromatic rings. The fraction of sp³-hybridized carbons (Fsp3) is 0.562. The van der Waals surface area contributed by atoms with E-state index in [2.05, 4.69) is 24.1 Å². The number of nitrogens with zero attached hydrogens (tertiary/aromatic N) is 2. The van der Waals surface area contributed by atoms with Crippen molar-refractivity contribution in [2.45, 2.75) is 45.3 Å². The molecule has 0 radical (unpaired) electrons. The Kier molecular flexibility index (Phi) is 5.11. The van der Waals surface area contributed by atoms with Crippen molar-refractivity contribution in [1.82, 2.24) is 10.2 Å². The summed E-state index contributed by atoms with van der Waals surface area (Å²) in [6.45, 7) is 6.88. The second kappa shape index (κ2) is 6.83. The Bertz CT molecular complexity index is 495. The van der Waals surface area contributed by atoms with Crippen molar-refractivity contribution in [2.24, 2.45) is 0 Å². The number of piperazine rings is 1. The zero-order valence-electron chi connectivity index (χ0n) is 12.2. The molecule has 0 amide bonds. The third-order valence-corrected chi connectivity index (χ3v) is 4.13. The number of benzene rings is 1. The predicted molar refractivity (Wildman–Crippen MR) is 77.7 cm³/mol. The van der Waals surface area contributed by atoms with E-state index in [0.29, 0.717) is 29.8 Å². The maximum Gasteiger partial charge on any atom is 0.129 e. The highest BCUT2D eigenvalue weighted by atomic mass is 19.1. The highest BCUT2D eigenvalue weighted by Gasteiger charge is 2.26. The maximum atomic E-state index is 14.0. The number of nitriles is 1. The SMILES string of the molecule is CCC1CN(Cc2ccc(C#N)cc2F)C(CC)CN1. The van der Waals surface area contributed by atoms with Crippen LogP contribution >= 0.6 is 0 Å². The molecule has 1 aromatic carbocycles. The molecule has 3 nitrogen and oxygen atoms in total. The highest BCUT2D eigenvalue weighted by molar-refractivity contribution is 5.32. The molecule has 0 aromatic heterocycles. The maximum absolute atomic E-state index is 14.0. The minimum atomic E-state index is -0.273. The van der Waals surface area contributed by atoms with Gasteiger partial charge in [-0.1, -0.05) is 19.9 Å². The minimum Gasteiger partial charge on any atom is -0.311 e. The van der Waals surface area contributed by atoms with Crippen LogP contribution in [0.4, 0.5) is 4.39 Å². The van der Waals surface area contributed by atoms with Crippen LogP contribution in [0, 0.1) is 17.1 Å². The molecule has 2 atom stereocenters. The lowest BCUT2D eigenvalue weighted by molar-refractivity contribution is 0.116. The highest BCUT2D eigenvalue weighted by Crippen LogP contribution is 2.18. The van der Waals surface area contributed by atoms with Crippen LogP contribution in [0.1, 0.15) is 37.8 Å². The monoisotopic (exact) mass is 275 g/mol. The summed E-state index contributed by atoms with van der Waals surface area (Å²) < 4.78 is 14.0. The van der Waals surface area contributed by atoms with Gasteiger partial charge in [0.1, 0.15) is 5.82 Å². The lowest BCUT2D eigenvalue weighted by Crippen LogP contribution is -2.55. The zero-order valence-corrected chi connectivity index (χ0v) is 12.2. The molecule has 1 N–H and O–H groups in total. The van der Waals surface area contributed by atoms with E-state index in [1.807, 2.05) is 6.07 Å². The fourth-order valence-electron chi connectivity index (χ4n) is 2.76. The molecule has 0 spiro atoms. The Balaban J connectivity index is 2.12. The molecule has 20 heavy (non-hydrogen) atoms. The second-order valence-corrected chi connectivity index (χ2v) is 5.42. The average Bonchev–Trinajstić information content (AvgIpc) is 2.49. The predicted octanol–water partition coefficient (Wildman–Crippen LogP) is 2.66. The van der Waals surface area contributed by atoms with E-state index in [4.69, 9.17) is 5.26 Å². The van der Waals surface area contributed by atoms with Crippen molar-refractivity contribution in [3.63, 3.8) is 0 Å². The van der Waals surface area contributed by atoms with Gasteiger partial charge < -0.3 is 5.32 Å². The van der Waals surface area contributed by atoms with Crippen LogP contribution in [0.3, 0.4) is 0 Å². The molecule has 108 valence electrons. The Morgan fingerprint density at radius 2 is 2.20 bits per heavy atom. The molecule has 1 saturated heterocycles. The van der Waals surface area contributed by atoms with Crippen molar-refractivity contribution in [1.29, 1.82) is 5.26 Å². The summed E-state index contributed by atoms with van der Waals surface area (Å²) in [6.07, 6.45) is 2.14. The van der Waals surface area contributed by atoms with Crippen LogP contribution in [0.2, 0.25) is 0 Å². The summed E-state index contributed by atoms with van der Waals surface area (Å²) in [5.41, 5.74) is 1.06. The molecule has 0 bridgehead atoms. The second-order valence-electron chi connectivity index (χ2n) is 5.42. The summed E-state index contributed by atoms with van der Waals surface area (Å²) >= 11 is 0. The van der Waals surface area contributed by atoms with Gasteiger partial charge in [-0.25, -0.2) is 4.39 Å². The van der Waals surface area contributed by atoms with Gasteiger partial charge >= 0.3 is 0 Å². The molecule has 1 heterocycles. The Hall–Kier alpha value is -1.44. The largest absolute Gasteiger partial charge is 0.311 e. The lowest BCUT2D eigenvalue weighted by Gasteiger charge is -2.40. The molecule has 2 unspecified atom stereocenters. The van der Waals surface area contributed by atoms with E-state index in [-0.39, 0.29) is 5.82 Å². The number of nitrogens with one attached hydrogen (secondary N) is 1. The van der Waals surface area contributed by atoms with Gasteiger partial charge in [0.2, 0.25) is 0 Å². The Labute approximate surface area is 120 Å². The summed E-state index contributed by atoms with van der Waals surface area (Å²) in [4.78, 5) is 2.36. The molecule has 1 fully saturated rings. The van der Waals surface area contributed by atoms with Crippen LogP contribution in [0.5, 0.6) is 0 Å². The summed E-state index contributed by atoms with van der Waals surface area (Å²) in [7, 11) is 0. The van der Waals surface area contributed by atoms with Gasteiger partial charge in [0.05, 0.1) is 11.6 Å². The molecular weight excluding hydrogens is 253 g/mol. The normalized spacial score (nSPS) is 23.5. The van der Waals surface area contributed by atoms with Crippen molar-refractivity contribution < 1.29 is 4.39 Å². The van der Waals surface area contributed by atoms with Gasteiger partial charge in [0, 0.05) is 37.3 Å². The standard InChI is InChI=1S/C16H22FN3/c1-3-14-11-20(15(4-2)9-19-14)10-13-6-5-12(8-18)7-16(13)17/h5-7,14-15,19H,3-4,9-11H2,1-2H3. The zero-order chi connectivity index (χ0) is 14.5. The molecule has 1 aliphatic heterocycles. The molecular formula is C16H22FN3. The van der Waals surface area contributed by atoms with E-state index < -0.39 is 0 Å². The van der Waals surface area contributed by atoms with Gasteiger partial charge in [-0.05, 0) is 25.0 Å². The number of rotatable bonds is 4. The first-order valence-corrected chi connectivity index (χ1v) is 7.33. The third kappa shape index (κ3) is 3.36. The summed E-state index contributed by atoms with van der Waals surface area (Å²) in [5.74, 6) is -0.273. The number of hydrogen-bond acceptors (Lipinski definition) is 3. The number of halogens is 1. The van der Waals surface area contributed by atoms with Gasteiger partial charge in [0.15, 0.2) is 0 Å². The van der Waals surface area contributed by atoms with E-state index in [1.54, 1.807) is 12.1 Å². The molecule has 0 saturated carbocycles. The van der Waals surface area contributed by atoms with E-state index >= 15 is 0 Å². The minimum absolute atomic E-state index is 0.273. The molecule has 0 aliphatic carbocycles. The smallest absolute Gasteiger partial charge is 0.129 e. The van der Waals surface area contributed by atoms with Crippen LogP contribution in [-0.4, -0.2) is 30.1 Å². The van der Waals surface area contributed by atoms with Crippen molar-refractivity contribution in [3.8, 4) is 6.07 Å². The molecule has 4 heteroatoms. The quantitative estimate of drug-likeness (QED) is 0.918. The van der Waals surface area contributed by atoms with Crippen LogP contribution in [-0.2, 0) is 6.54 Å². The van der Waals surface area contributed by atoms with Crippen LogP contribution in [0.25, 0.3) is 0 Å². The van der Waals surface area contributed by atoms with Gasteiger partial charge in [-0.15, -0.1) is 0 Å². The fourth-order valence-corrected chi connectivity index (χ4v) is 2.76. The van der Waals surface area contributed by atoms with Gasteiger partial charge in [-0.3, -0.25) is 4.90 Å². The van der Waals surface area contributed by atoms with E-state index in [9.17, 15) is 4.39 Å². The number of hydrogen-bond donors (Lipinski definition) is 1. The average molecular weight is 275 g/mol. The summed E-state index contributed by atoms with van der Waals surface area (Å²) in [6, 6.07) is 7.67. The topological polar surface area (TPSA) is 39.1 Å². The van der Waals surface area contributed by atoms with Crippen molar-refractivity contribution in [2.75, 3.05) is 13.1 Å². The molecule has 1 aliphatic rings. The van der Waals surface area contributed by atoms with Crippen molar-refractivity contribution >= 4 is 0 Å². The Morgan fingerprint density at radius 3 is 2.80 bits per heavy atom. The van der Waals surface area contributed by atoms with Gasteiger partial charge in [0.25, 0.3) is 0 Å². The first-order valence-electron chi connectivity index (χ1n) is 7.33. The first-order chi connectivity index (χ1) is 9.67. The van der Waals surface area contributed by atoms with Crippen LogP contribution in [0.15, 0.2) is 18.2 Å². The van der Waals surface area contributed by atoms with E-state index in [1.165, 1.54) is 6.07 Å². The lowest BCUT2D eigenvalue weighted by atomic mass is 10.0. The molecule has 2 rings (SSSR count). The van der Waals surface area contributed by atoms with Crippen molar-refractivity contribution in [3.05, 3.63) is 35.1 Å². The third-order valence-electron chi connectivity index (χ3n) is 4.13. The Morgan fingerprint density at radius 1 is 1.40 bits per heavy atom.